The van der Waals surface area contributed by atoms with Gasteiger partial charge in [0.1, 0.15) is 6.10 Å². The van der Waals surface area contributed by atoms with E-state index in [1.54, 1.807) is 0 Å². The summed E-state index contributed by atoms with van der Waals surface area (Å²) in [4.78, 5) is 25.0. The monoisotopic (exact) mass is 269 g/mol. The van der Waals surface area contributed by atoms with Crippen molar-refractivity contribution in [2.45, 2.75) is 25.6 Å². The van der Waals surface area contributed by atoms with Gasteiger partial charge in [-0.2, -0.15) is 0 Å². The van der Waals surface area contributed by atoms with E-state index < -0.39 is 12.2 Å². The molecule has 2 N–H and O–H groups in total. The minimum atomic E-state index is -1.11. The van der Waals surface area contributed by atoms with Crippen LogP contribution in [0.3, 0.4) is 0 Å². The SMILES string of the molecule is CC(=O)SCCC(O)C(O)c1ccc(C=O)cn1. The predicted octanol–water partition coefficient (Wildman–Crippen LogP) is 0.958. The van der Waals surface area contributed by atoms with E-state index in [-0.39, 0.29) is 5.12 Å². The molecule has 0 amide bonds. The lowest BCUT2D eigenvalue weighted by Crippen LogP contribution is -2.20. The maximum atomic E-state index is 10.7. The fourth-order valence-electron chi connectivity index (χ4n) is 1.34. The van der Waals surface area contributed by atoms with E-state index in [9.17, 15) is 19.8 Å². The van der Waals surface area contributed by atoms with Gasteiger partial charge in [0.25, 0.3) is 0 Å². The number of aliphatic hydroxyl groups excluding tert-OH is 2. The van der Waals surface area contributed by atoms with Crippen LogP contribution >= 0.6 is 11.8 Å². The number of carbonyl (C=O) groups excluding carboxylic acids is 2. The van der Waals surface area contributed by atoms with Crippen LogP contribution in [0, 0.1) is 0 Å². The molecule has 1 aromatic heterocycles. The molecule has 0 aliphatic heterocycles. The zero-order valence-electron chi connectivity index (χ0n) is 9.94. The van der Waals surface area contributed by atoms with Crippen molar-refractivity contribution in [1.82, 2.24) is 4.98 Å². The Hall–Kier alpha value is -1.24. The highest BCUT2D eigenvalue weighted by atomic mass is 32.2. The lowest BCUT2D eigenvalue weighted by Gasteiger charge is -2.16. The molecule has 18 heavy (non-hydrogen) atoms. The van der Waals surface area contributed by atoms with Gasteiger partial charge < -0.3 is 10.2 Å². The molecule has 0 fully saturated rings. The molecule has 0 saturated heterocycles. The molecule has 0 aliphatic rings. The average molecular weight is 269 g/mol. The first-order valence-electron chi connectivity index (χ1n) is 5.45. The second kappa shape index (κ2) is 7.25. The van der Waals surface area contributed by atoms with Gasteiger partial charge in [-0.05, 0) is 18.6 Å². The van der Waals surface area contributed by atoms with Crippen LogP contribution in [0.1, 0.15) is 35.5 Å². The van der Waals surface area contributed by atoms with E-state index in [1.807, 2.05) is 0 Å². The smallest absolute Gasteiger partial charge is 0.185 e. The number of hydrogen-bond donors (Lipinski definition) is 2. The van der Waals surface area contributed by atoms with Crippen LogP contribution in [0.5, 0.6) is 0 Å². The minimum absolute atomic E-state index is 0.0230. The first-order chi connectivity index (χ1) is 8.54. The van der Waals surface area contributed by atoms with Gasteiger partial charge >= 0.3 is 0 Å². The van der Waals surface area contributed by atoms with E-state index in [0.717, 1.165) is 11.8 Å². The molecule has 98 valence electrons. The van der Waals surface area contributed by atoms with Crippen molar-refractivity contribution in [3.63, 3.8) is 0 Å². The summed E-state index contributed by atoms with van der Waals surface area (Å²) in [7, 11) is 0. The molecule has 0 aliphatic carbocycles. The number of pyridine rings is 1. The number of aldehydes is 1. The van der Waals surface area contributed by atoms with Gasteiger partial charge in [0.05, 0.1) is 11.8 Å². The molecule has 0 saturated carbocycles. The number of nitrogens with zero attached hydrogens (tertiary/aromatic N) is 1. The molecule has 0 aromatic carbocycles. The van der Waals surface area contributed by atoms with Crippen LogP contribution in [0.15, 0.2) is 18.3 Å². The van der Waals surface area contributed by atoms with Crippen LogP contribution in [0.4, 0.5) is 0 Å². The summed E-state index contributed by atoms with van der Waals surface area (Å²) < 4.78 is 0. The second-order valence-electron chi connectivity index (χ2n) is 3.78. The van der Waals surface area contributed by atoms with Crippen molar-refractivity contribution in [2.24, 2.45) is 0 Å². The van der Waals surface area contributed by atoms with Crippen LogP contribution in [0.2, 0.25) is 0 Å². The van der Waals surface area contributed by atoms with E-state index in [1.165, 1.54) is 25.3 Å². The Morgan fingerprint density at radius 1 is 1.50 bits per heavy atom. The van der Waals surface area contributed by atoms with Gasteiger partial charge in [-0.1, -0.05) is 11.8 Å². The van der Waals surface area contributed by atoms with Crippen molar-refractivity contribution in [3.8, 4) is 0 Å². The van der Waals surface area contributed by atoms with E-state index in [0.29, 0.717) is 29.7 Å². The average Bonchev–Trinajstić information content (AvgIpc) is 2.37. The fourth-order valence-corrected chi connectivity index (χ4v) is 1.99. The molecule has 0 radical (unpaired) electrons. The molecule has 1 rings (SSSR count). The molecule has 1 heterocycles. The molecule has 2 unspecified atom stereocenters. The molecular formula is C12H15NO4S. The molecule has 6 heteroatoms. The predicted molar refractivity (Wildman–Crippen MR) is 68.3 cm³/mol. The Kier molecular flexibility index (Phi) is 5.97. The zero-order valence-corrected chi connectivity index (χ0v) is 10.8. The highest BCUT2D eigenvalue weighted by Crippen LogP contribution is 2.18. The highest BCUT2D eigenvalue weighted by Gasteiger charge is 2.19. The first-order valence-corrected chi connectivity index (χ1v) is 6.43. The van der Waals surface area contributed by atoms with E-state index >= 15 is 0 Å². The van der Waals surface area contributed by atoms with Gasteiger partial charge in [-0.25, -0.2) is 0 Å². The van der Waals surface area contributed by atoms with Crippen molar-refractivity contribution in [1.29, 1.82) is 0 Å². The van der Waals surface area contributed by atoms with E-state index in [2.05, 4.69) is 4.98 Å². The minimum Gasteiger partial charge on any atom is -0.390 e. The van der Waals surface area contributed by atoms with Crippen molar-refractivity contribution in [2.75, 3.05) is 5.75 Å². The summed E-state index contributed by atoms with van der Waals surface area (Å²) in [6, 6.07) is 3.02. The number of rotatable bonds is 6. The highest BCUT2D eigenvalue weighted by molar-refractivity contribution is 8.13. The largest absolute Gasteiger partial charge is 0.390 e. The summed E-state index contributed by atoms with van der Waals surface area (Å²) in [5, 5.41) is 19.5. The summed E-state index contributed by atoms with van der Waals surface area (Å²) in [6.45, 7) is 1.45. The fraction of sp³-hybridized carbons (Fsp3) is 0.417. The Labute approximate surface area is 109 Å². The van der Waals surface area contributed by atoms with Crippen LogP contribution in [-0.2, 0) is 4.79 Å². The standard InChI is InChI=1S/C12H15NO4S/c1-8(15)18-5-4-11(16)12(17)10-3-2-9(7-14)6-13-10/h2-3,6-7,11-12,16-17H,4-5H2,1H3. The Balaban J connectivity index is 2.53. The van der Waals surface area contributed by atoms with Crippen LogP contribution in [0.25, 0.3) is 0 Å². The molecule has 0 spiro atoms. The topological polar surface area (TPSA) is 87.5 Å². The molecule has 0 bridgehead atoms. The summed E-state index contributed by atoms with van der Waals surface area (Å²) in [5.41, 5.74) is 0.716. The molecule has 5 nitrogen and oxygen atoms in total. The number of carbonyl (C=O) groups is 2. The number of aliphatic hydroxyl groups is 2. The lowest BCUT2D eigenvalue weighted by atomic mass is 10.1. The quantitative estimate of drug-likeness (QED) is 0.748. The Bertz CT molecular complexity index is 407. The third-order valence-corrected chi connectivity index (χ3v) is 3.18. The molecular weight excluding hydrogens is 254 g/mol. The van der Waals surface area contributed by atoms with Crippen LogP contribution < -0.4 is 0 Å². The van der Waals surface area contributed by atoms with Gasteiger partial charge in [-0.3, -0.25) is 14.6 Å². The number of aromatic nitrogens is 1. The normalized spacial score (nSPS) is 13.9. The molecule has 1 aromatic rings. The van der Waals surface area contributed by atoms with Crippen LogP contribution in [-0.4, -0.2) is 38.5 Å². The van der Waals surface area contributed by atoms with Gasteiger partial charge in [0, 0.05) is 24.4 Å². The summed E-state index contributed by atoms with van der Waals surface area (Å²) >= 11 is 1.10. The van der Waals surface area contributed by atoms with Gasteiger partial charge in [-0.15, -0.1) is 0 Å². The maximum Gasteiger partial charge on any atom is 0.185 e. The zero-order chi connectivity index (χ0) is 13.5. The number of hydrogen-bond acceptors (Lipinski definition) is 6. The van der Waals surface area contributed by atoms with Crippen molar-refractivity contribution >= 4 is 23.2 Å². The van der Waals surface area contributed by atoms with E-state index in [4.69, 9.17) is 0 Å². The Morgan fingerprint density at radius 3 is 2.72 bits per heavy atom. The molecule has 2 atom stereocenters. The van der Waals surface area contributed by atoms with Gasteiger partial charge in [0.15, 0.2) is 11.4 Å². The number of thioether (sulfide) groups is 1. The third-order valence-electron chi connectivity index (χ3n) is 2.33. The second-order valence-corrected chi connectivity index (χ2v) is 5.05. The van der Waals surface area contributed by atoms with Crippen molar-refractivity contribution in [3.05, 3.63) is 29.6 Å². The van der Waals surface area contributed by atoms with Crippen molar-refractivity contribution < 1.29 is 19.8 Å². The van der Waals surface area contributed by atoms with Gasteiger partial charge in [0.2, 0.25) is 0 Å². The summed E-state index contributed by atoms with van der Waals surface area (Å²) in [6.07, 6.45) is 0.193. The lowest BCUT2D eigenvalue weighted by molar-refractivity contribution is -0.109. The summed E-state index contributed by atoms with van der Waals surface area (Å²) in [5.74, 6) is 0.444. The third kappa shape index (κ3) is 4.56. The first kappa shape index (κ1) is 14.8. The maximum absolute atomic E-state index is 10.7. The Morgan fingerprint density at radius 2 is 2.22 bits per heavy atom.